The van der Waals surface area contributed by atoms with Crippen LogP contribution in [0.1, 0.15) is 48.7 Å². The monoisotopic (exact) mass is 383 g/mol. The molecule has 146 valence electrons. The van der Waals surface area contributed by atoms with Crippen LogP contribution >= 0.6 is 0 Å². The summed E-state index contributed by atoms with van der Waals surface area (Å²) in [6.45, 7) is 2.98. The Hall–Kier alpha value is -2.98. The summed E-state index contributed by atoms with van der Waals surface area (Å²) in [4.78, 5) is 2.50. The maximum Gasteiger partial charge on any atom is 0.230 e. The van der Waals surface area contributed by atoms with Gasteiger partial charge in [-0.3, -0.25) is 4.90 Å². The summed E-state index contributed by atoms with van der Waals surface area (Å²) in [5.41, 5.74) is 2.52. The molecule has 4 aromatic rings. The third-order valence-corrected chi connectivity index (χ3v) is 5.79. The Morgan fingerprint density at radius 1 is 0.897 bits per heavy atom. The molecule has 0 saturated heterocycles. The van der Waals surface area contributed by atoms with Crippen molar-refractivity contribution in [1.82, 2.24) is 15.1 Å². The molecule has 1 aromatic heterocycles. The second-order valence-electron chi connectivity index (χ2n) is 7.94. The number of aromatic nitrogens is 2. The van der Waals surface area contributed by atoms with E-state index in [0.29, 0.717) is 36.8 Å². The van der Waals surface area contributed by atoms with Crippen LogP contribution in [-0.2, 0) is 13.0 Å². The lowest BCUT2D eigenvalue weighted by Crippen LogP contribution is -2.29. The highest BCUT2D eigenvalue weighted by Gasteiger charge is 2.34. The van der Waals surface area contributed by atoms with E-state index in [0.717, 1.165) is 0 Å². The van der Waals surface area contributed by atoms with Crippen molar-refractivity contribution in [1.29, 1.82) is 0 Å². The van der Waals surface area contributed by atoms with E-state index in [-0.39, 0.29) is 0 Å². The zero-order valence-electron chi connectivity index (χ0n) is 16.7. The minimum absolute atomic E-state index is 0.302. The Balaban J connectivity index is 1.34. The number of nitrogens with zero attached hydrogens (tertiary/aromatic N) is 3. The lowest BCUT2D eigenvalue weighted by molar-refractivity contribution is 0.171. The van der Waals surface area contributed by atoms with Crippen molar-refractivity contribution < 1.29 is 4.42 Å². The molecule has 1 atom stereocenters. The van der Waals surface area contributed by atoms with Gasteiger partial charge in [0.25, 0.3) is 0 Å². The zero-order valence-corrected chi connectivity index (χ0v) is 16.7. The second-order valence-corrected chi connectivity index (χ2v) is 7.94. The molecule has 29 heavy (non-hydrogen) atoms. The highest BCUT2D eigenvalue weighted by Crippen LogP contribution is 2.36. The van der Waals surface area contributed by atoms with Crippen LogP contribution in [0.4, 0.5) is 0 Å². The normalized spacial score (nSPS) is 15.1. The maximum absolute atomic E-state index is 5.99. The Labute approximate surface area is 171 Å². The Morgan fingerprint density at radius 3 is 2.41 bits per heavy atom. The molecule has 1 aliphatic carbocycles. The van der Waals surface area contributed by atoms with Crippen LogP contribution in [-0.4, -0.2) is 21.1 Å². The predicted octanol–water partition coefficient (Wildman–Crippen LogP) is 5.54. The van der Waals surface area contributed by atoms with Gasteiger partial charge in [-0.15, -0.1) is 10.2 Å². The fraction of sp³-hybridized carbons (Fsp3) is 0.280. The highest BCUT2D eigenvalue weighted by atomic mass is 16.4. The minimum Gasteiger partial charge on any atom is -0.424 e. The summed E-state index contributed by atoms with van der Waals surface area (Å²) in [6, 6.07) is 26.5. The zero-order chi connectivity index (χ0) is 19.6. The van der Waals surface area contributed by atoms with Crippen molar-refractivity contribution in [3.63, 3.8) is 0 Å². The average Bonchev–Trinajstić information content (AvgIpc) is 3.52. The average molecular weight is 383 g/mol. The topological polar surface area (TPSA) is 42.2 Å². The van der Waals surface area contributed by atoms with E-state index in [2.05, 4.69) is 76.6 Å². The van der Waals surface area contributed by atoms with Crippen molar-refractivity contribution in [2.75, 3.05) is 0 Å². The number of hydrogen-bond donors (Lipinski definition) is 0. The van der Waals surface area contributed by atoms with E-state index < -0.39 is 0 Å². The van der Waals surface area contributed by atoms with Gasteiger partial charge in [0, 0.05) is 12.1 Å². The molecular formula is C25H25N3O. The van der Waals surface area contributed by atoms with Gasteiger partial charge >= 0.3 is 0 Å². The SMILES string of the molecule is CC(c1ccc2ccccc2c1)N(Cc1nnc(Cc2ccccc2)o1)C1CC1. The van der Waals surface area contributed by atoms with Crippen LogP contribution in [0, 0.1) is 0 Å². The Kier molecular flexibility index (Phi) is 4.86. The summed E-state index contributed by atoms with van der Waals surface area (Å²) in [6.07, 6.45) is 3.16. The quantitative estimate of drug-likeness (QED) is 0.420. The third-order valence-electron chi connectivity index (χ3n) is 5.79. The molecule has 3 aromatic carbocycles. The van der Waals surface area contributed by atoms with Gasteiger partial charge in [0.1, 0.15) is 0 Å². The van der Waals surface area contributed by atoms with Gasteiger partial charge in [0.2, 0.25) is 11.8 Å². The fourth-order valence-electron chi connectivity index (χ4n) is 4.00. The molecule has 0 N–H and O–H groups in total. The smallest absolute Gasteiger partial charge is 0.230 e. The van der Waals surface area contributed by atoms with E-state index in [4.69, 9.17) is 4.42 Å². The van der Waals surface area contributed by atoms with Gasteiger partial charge in [0.05, 0.1) is 13.0 Å². The standard InChI is InChI=1S/C25H25N3O/c1-18(21-12-11-20-9-5-6-10-22(20)16-21)28(23-13-14-23)17-25-27-26-24(29-25)15-19-7-3-2-4-8-19/h2-12,16,18,23H,13-15,17H2,1H3. The summed E-state index contributed by atoms with van der Waals surface area (Å²) < 4.78 is 5.99. The fourth-order valence-corrected chi connectivity index (χ4v) is 4.00. The van der Waals surface area contributed by atoms with Crippen molar-refractivity contribution >= 4 is 10.8 Å². The van der Waals surface area contributed by atoms with E-state index in [1.165, 1.54) is 34.7 Å². The molecule has 1 unspecified atom stereocenters. The summed E-state index contributed by atoms with van der Waals surface area (Å²) >= 11 is 0. The van der Waals surface area contributed by atoms with Gasteiger partial charge in [-0.2, -0.15) is 0 Å². The minimum atomic E-state index is 0.302. The van der Waals surface area contributed by atoms with Crippen LogP contribution in [0.5, 0.6) is 0 Å². The van der Waals surface area contributed by atoms with Crippen molar-refractivity contribution in [2.45, 2.75) is 44.8 Å². The van der Waals surface area contributed by atoms with Gasteiger partial charge in [-0.05, 0) is 47.7 Å². The Bertz CT molecular complexity index is 1100. The number of rotatable bonds is 7. The first-order valence-electron chi connectivity index (χ1n) is 10.4. The molecule has 0 amide bonds. The highest BCUT2D eigenvalue weighted by molar-refractivity contribution is 5.83. The first kappa shape index (κ1) is 18.1. The van der Waals surface area contributed by atoms with Gasteiger partial charge < -0.3 is 4.42 Å². The molecule has 1 fully saturated rings. The van der Waals surface area contributed by atoms with E-state index in [1.807, 2.05) is 18.2 Å². The largest absolute Gasteiger partial charge is 0.424 e. The van der Waals surface area contributed by atoms with Crippen LogP contribution in [0.2, 0.25) is 0 Å². The second kappa shape index (κ2) is 7.80. The molecular weight excluding hydrogens is 358 g/mol. The Morgan fingerprint density at radius 2 is 1.62 bits per heavy atom. The van der Waals surface area contributed by atoms with E-state index >= 15 is 0 Å². The van der Waals surface area contributed by atoms with Crippen molar-refractivity contribution in [3.05, 3.63) is 95.7 Å². The summed E-state index contributed by atoms with van der Waals surface area (Å²) in [5, 5.41) is 11.2. The van der Waals surface area contributed by atoms with Crippen LogP contribution in [0.3, 0.4) is 0 Å². The number of fused-ring (bicyclic) bond motifs is 1. The van der Waals surface area contributed by atoms with E-state index in [9.17, 15) is 0 Å². The summed E-state index contributed by atoms with van der Waals surface area (Å²) in [7, 11) is 0. The molecule has 4 nitrogen and oxygen atoms in total. The molecule has 1 heterocycles. The molecule has 0 spiro atoms. The van der Waals surface area contributed by atoms with Crippen LogP contribution < -0.4 is 0 Å². The van der Waals surface area contributed by atoms with Gasteiger partial charge in [-0.25, -0.2) is 0 Å². The van der Waals surface area contributed by atoms with Crippen LogP contribution in [0.15, 0.2) is 77.2 Å². The van der Waals surface area contributed by atoms with E-state index in [1.54, 1.807) is 0 Å². The first-order valence-corrected chi connectivity index (χ1v) is 10.4. The molecule has 4 heteroatoms. The number of hydrogen-bond acceptors (Lipinski definition) is 4. The number of benzene rings is 3. The summed E-state index contributed by atoms with van der Waals surface area (Å²) in [5.74, 6) is 1.38. The molecule has 1 saturated carbocycles. The molecule has 1 aliphatic rings. The van der Waals surface area contributed by atoms with Crippen molar-refractivity contribution in [3.8, 4) is 0 Å². The molecule has 0 bridgehead atoms. The predicted molar refractivity (Wildman–Crippen MR) is 114 cm³/mol. The van der Waals surface area contributed by atoms with Crippen LogP contribution in [0.25, 0.3) is 10.8 Å². The lowest BCUT2D eigenvalue weighted by atomic mass is 10.0. The molecule has 5 rings (SSSR count). The first-order chi connectivity index (χ1) is 14.3. The maximum atomic E-state index is 5.99. The molecule has 0 radical (unpaired) electrons. The van der Waals surface area contributed by atoms with Crippen molar-refractivity contribution in [2.24, 2.45) is 0 Å². The third kappa shape index (κ3) is 4.08. The molecule has 0 aliphatic heterocycles. The lowest BCUT2D eigenvalue weighted by Gasteiger charge is -2.28. The van der Waals surface area contributed by atoms with Gasteiger partial charge in [-0.1, -0.05) is 66.7 Å². The van der Waals surface area contributed by atoms with Gasteiger partial charge in [0.15, 0.2) is 0 Å².